The molecule has 0 saturated carbocycles. The van der Waals surface area contributed by atoms with Gasteiger partial charge in [-0.1, -0.05) is 11.6 Å². The van der Waals surface area contributed by atoms with Crippen LogP contribution in [0, 0.1) is 0 Å². The molecular weight excluding hydrogens is 240 g/mol. The monoisotopic (exact) mass is 250 g/mol. The van der Waals surface area contributed by atoms with Crippen molar-refractivity contribution in [1.29, 1.82) is 0 Å². The minimum atomic E-state index is 0.314. The zero-order chi connectivity index (χ0) is 12.3. The smallest absolute Gasteiger partial charge is 0.173 e. The highest BCUT2D eigenvalue weighted by Gasteiger charge is 2.07. The lowest BCUT2D eigenvalue weighted by Gasteiger charge is -2.11. The van der Waals surface area contributed by atoms with Crippen LogP contribution in [0.15, 0.2) is 30.6 Å². The molecule has 0 aliphatic heterocycles. The molecule has 0 radical (unpaired) electrons. The third-order valence-corrected chi connectivity index (χ3v) is 2.38. The van der Waals surface area contributed by atoms with Gasteiger partial charge in [0.05, 0.1) is 12.8 Å². The molecule has 0 saturated heterocycles. The Balaban J connectivity index is 2.35. The lowest BCUT2D eigenvalue weighted by molar-refractivity contribution is 0.417. The van der Waals surface area contributed by atoms with Gasteiger partial charge in [0.25, 0.3) is 0 Å². The third-order valence-electron chi connectivity index (χ3n) is 2.14. The molecule has 17 heavy (non-hydrogen) atoms. The van der Waals surface area contributed by atoms with Crippen LogP contribution in [-0.2, 0) is 0 Å². The number of halogens is 1. The Bertz CT molecular complexity index is 533. The Kier molecular flexibility index (Phi) is 3.30. The standard InChI is InChI=1S/C11H11ClN4O/c1-17-9-3-2-7(12)6-8(9)16-11-10(13)14-4-5-15-11/h2-6H,1H3,(H2,13,14)(H,15,16). The molecule has 1 aromatic carbocycles. The molecule has 0 spiro atoms. The van der Waals surface area contributed by atoms with Gasteiger partial charge in [-0.3, -0.25) is 0 Å². The number of rotatable bonds is 3. The van der Waals surface area contributed by atoms with Gasteiger partial charge in [-0.2, -0.15) is 0 Å². The second-order valence-corrected chi connectivity index (χ2v) is 3.70. The summed E-state index contributed by atoms with van der Waals surface area (Å²) in [5.74, 6) is 1.43. The van der Waals surface area contributed by atoms with Crippen molar-refractivity contribution in [3.05, 3.63) is 35.6 Å². The average Bonchev–Trinajstić information content (AvgIpc) is 2.32. The van der Waals surface area contributed by atoms with Crippen LogP contribution in [0.5, 0.6) is 5.75 Å². The van der Waals surface area contributed by atoms with E-state index in [0.717, 1.165) is 0 Å². The predicted octanol–water partition coefficient (Wildman–Crippen LogP) is 2.46. The number of nitrogens with zero attached hydrogens (tertiary/aromatic N) is 2. The summed E-state index contributed by atoms with van der Waals surface area (Å²) in [7, 11) is 1.58. The van der Waals surface area contributed by atoms with Crippen LogP contribution in [0.1, 0.15) is 0 Å². The maximum Gasteiger partial charge on any atom is 0.173 e. The highest BCUT2D eigenvalue weighted by Crippen LogP contribution is 2.30. The average molecular weight is 251 g/mol. The molecular formula is C11H11ClN4O. The first-order valence-corrected chi connectivity index (χ1v) is 5.25. The second-order valence-electron chi connectivity index (χ2n) is 3.26. The SMILES string of the molecule is COc1ccc(Cl)cc1Nc1nccnc1N. The van der Waals surface area contributed by atoms with E-state index in [1.165, 1.54) is 6.20 Å². The van der Waals surface area contributed by atoms with Gasteiger partial charge in [-0.05, 0) is 18.2 Å². The minimum absolute atomic E-state index is 0.314. The Morgan fingerprint density at radius 2 is 2.06 bits per heavy atom. The number of ether oxygens (including phenoxy) is 1. The number of benzene rings is 1. The number of methoxy groups -OCH3 is 1. The van der Waals surface area contributed by atoms with E-state index in [2.05, 4.69) is 15.3 Å². The number of anilines is 3. The Morgan fingerprint density at radius 3 is 2.76 bits per heavy atom. The number of hydrogen-bond acceptors (Lipinski definition) is 5. The fourth-order valence-corrected chi connectivity index (χ4v) is 1.52. The normalized spacial score (nSPS) is 10.0. The summed E-state index contributed by atoms with van der Waals surface area (Å²) in [6.07, 6.45) is 3.07. The first-order valence-electron chi connectivity index (χ1n) is 4.88. The van der Waals surface area contributed by atoms with Crippen molar-refractivity contribution in [2.75, 3.05) is 18.2 Å². The van der Waals surface area contributed by atoms with E-state index in [-0.39, 0.29) is 0 Å². The van der Waals surface area contributed by atoms with Crippen molar-refractivity contribution in [3.63, 3.8) is 0 Å². The van der Waals surface area contributed by atoms with Crippen molar-refractivity contribution in [2.45, 2.75) is 0 Å². The molecule has 1 heterocycles. The summed E-state index contributed by atoms with van der Waals surface area (Å²) in [5, 5.41) is 3.62. The van der Waals surface area contributed by atoms with Gasteiger partial charge < -0.3 is 15.8 Å². The molecule has 2 aromatic rings. The van der Waals surface area contributed by atoms with Gasteiger partial charge in [-0.25, -0.2) is 9.97 Å². The van der Waals surface area contributed by atoms with Crippen LogP contribution in [0.3, 0.4) is 0 Å². The summed E-state index contributed by atoms with van der Waals surface area (Å²) in [6, 6.07) is 5.23. The third kappa shape index (κ3) is 2.57. The van der Waals surface area contributed by atoms with Crippen LogP contribution >= 0.6 is 11.6 Å². The number of nitrogen functional groups attached to an aromatic ring is 1. The zero-order valence-corrected chi connectivity index (χ0v) is 9.90. The van der Waals surface area contributed by atoms with Gasteiger partial charge in [-0.15, -0.1) is 0 Å². The first-order chi connectivity index (χ1) is 8.20. The van der Waals surface area contributed by atoms with Gasteiger partial charge in [0, 0.05) is 17.4 Å². The quantitative estimate of drug-likeness (QED) is 0.875. The van der Waals surface area contributed by atoms with Crippen LogP contribution in [0.25, 0.3) is 0 Å². The largest absolute Gasteiger partial charge is 0.495 e. The Hall–Kier alpha value is -2.01. The van der Waals surface area contributed by atoms with E-state index in [4.69, 9.17) is 22.1 Å². The minimum Gasteiger partial charge on any atom is -0.495 e. The zero-order valence-electron chi connectivity index (χ0n) is 9.14. The van der Waals surface area contributed by atoms with Gasteiger partial charge in [0.15, 0.2) is 11.6 Å². The summed E-state index contributed by atoms with van der Waals surface area (Å²) in [4.78, 5) is 8.01. The Labute approximate surface area is 104 Å². The van der Waals surface area contributed by atoms with E-state index < -0.39 is 0 Å². The topological polar surface area (TPSA) is 73.1 Å². The molecule has 3 N–H and O–H groups in total. The van der Waals surface area contributed by atoms with E-state index >= 15 is 0 Å². The lowest BCUT2D eigenvalue weighted by atomic mass is 10.3. The van der Waals surface area contributed by atoms with E-state index in [1.807, 2.05) is 0 Å². The molecule has 1 aromatic heterocycles. The predicted molar refractivity (Wildman–Crippen MR) is 67.7 cm³/mol. The van der Waals surface area contributed by atoms with E-state index in [0.29, 0.717) is 28.1 Å². The maximum absolute atomic E-state index is 5.92. The highest BCUT2D eigenvalue weighted by atomic mass is 35.5. The summed E-state index contributed by atoms with van der Waals surface area (Å²) < 4.78 is 5.20. The summed E-state index contributed by atoms with van der Waals surface area (Å²) in [5.41, 5.74) is 6.38. The lowest BCUT2D eigenvalue weighted by Crippen LogP contribution is -2.02. The molecule has 0 fully saturated rings. The number of nitrogens with one attached hydrogen (secondary N) is 1. The molecule has 5 nitrogen and oxygen atoms in total. The molecule has 0 aliphatic carbocycles. The van der Waals surface area contributed by atoms with Crippen LogP contribution < -0.4 is 15.8 Å². The number of hydrogen-bond donors (Lipinski definition) is 2. The molecule has 6 heteroatoms. The molecule has 0 bridgehead atoms. The first kappa shape index (κ1) is 11.5. The van der Waals surface area contributed by atoms with Crippen molar-refractivity contribution in [1.82, 2.24) is 9.97 Å². The highest BCUT2D eigenvalue weighted by molar-refractivity contribution is 6.31. The van der Waals surface area contributed by atoms with Crippen molar-refractivity contribution < 1.29 is 4.74 Å². The Morgan fingerprint density at radius 1 is 1.29 bits per heavy atom. The molecule has 88 valence electrons. The molecule has 0 unspecified atom stereocenters. The second kappa shape index (κ2) is 4.88. The number of aromatic nitrogens is 2. The maximum atomic E-state index is 5.92. The van der Waals surface area contributed by atoms with E-state index in [9.17, 15) is 0 Å². The molecule has 0 atom stereocenters. The van der Waals surface area contributed by atoms with Gasteiger partial charge in [0.1, 0.15) is 5.75 Å². The van der Waals surface area contributed by atoms with Gasteiger partial charge >= 0.3 is 0 Å². The van der Waals surface area contributed by atoms with E-state index in [1.54, 1.807) is 31.5 Å². The molecule has 0 aliphatic rings. The van der Waals surface area contributed by atoms with Crippen LogP contribution in [0.2, 0.25) is 5.02 Å². The van der Waals surface area contributed by atoms with Crippen LogP contribution in [0.4, 0.5) is 17.3 Å². The molecule has 0 amide bonds. The fourth-order valence-electron chi connectivity index (χ4n) is 1.35. The van der Waals surface area contributed by atoms with Crippen molar-refractivity contribution in [2.24, 2.45) is 0 Å². The summed E-state index contributed by atoms with van der Waals surface area (Å²) >= 11 is 5.92. The number of nitrogens with two attached hydrogens (primary N) is 1. The fraction of sp³-hybridized carbons (Fsp3) is 0.0909. The van der Waals surface area contributed by atoms with Gasteiger partial charge in [0.2, 0.25) is 0 Å². The summed E-state index contributed by atoms with van der Waals surface area (Å²) in [6.45, 7) is 0. The van der Waals surface area contributed by atoms with Crippen LogP contribution in [-0.4, -0.2) is 17.1 Å². The van der Waals surface area contributed by atoms with Crippen molar-refractivity contribution >= 4 is 28.9 Å². The van der Waals surface area contributed by atoms with Crippen molar-refractivity contribution in [3.8, 4) is 5.75 Å². The molecule has 2 rings (SSSR count).